The molecule has 29 heavy (non-hydrogen) atoms. The van der Waals surface area contributed by atoms with Gasteiger partial charge in [-0.25, -0.2) is 0 Å². The molecule has 4 atom stereocenters. The van der Waals surface area contributed by atoms with Crippen molar-refractivity contribution in [2.75, 3.05) is 26.7 Å². The van der Waals surface area contributed by atoms with Gasteiger partial charge in [-0.05, 0) is 37.9 Å². The zero-order chi connectivity index (χ0) is 20.1. The van der Waals surface area contributed by atoms with Gasteiger partial charge in [0, 0.05) is 24.6 Å². The monoisotopic (exact) mass is 417 g/mol. The van der Waals surface area contributed by atoms with Crippen LogP contribution >= 0.6 is 12.4 Å². The quantitative estimate of drug-likeness (QED) is 0.724. The molecule has 3 rings (SSSR count). The van der Waals surface area contributed by atoms with E-state index in [2.05, 4.69) is 34.5 Å². The normalized spacial score (nSPS) is 21.1. The number of carbonyl (C=O) groups excluding carboxylic acids is 1. The largest absolute Gasteiger partial charge is 0.496 e. The Hall–Kier alpha value is -2.08. The molecule has 1 heterocycles. The second kappa shape index (κ2) is 10.6. The number of methoxy groups -OCH3 is 1. The Kier molecular flexibility index (Phi) is 8.50. The van der Waals surface area contributed by atoms with Gasteiger partial charge in [-0.1, -0.05) is 48.5 Å². The molecule has 1 aliphatic rings. The van der Waals surface area contributed by atoms with E-state index in [1.54, 1.807) is 7.11 Å². The highest BCUT2D eigenvalue weighted by Gasteiger charge is 2.37. The van der Waals surface area contributed by atoms with E-state index < -0.39 is 0 Å². The molecule has 0 aromatic heterocycles. The summed E-state index contributed by atoms with van der Waals surface area (Å²) in [5, 5.41) is 3.14. The van der Waals surface area contributed by atoms with Gasteiger partial charge in [-0.3, -0.25) is 9.69 Å². The molecule has 0 bridgehead atoms. The Balaban J connectivity index is 0.00000300. The number of carbonyl (C=O) groups is 1. The number of hydrogen-bond donors (Lipinski definition) is 2. The Labute approximate surface area is 180 Å². The number of nitrogens with zero attached hydrogens (tertiary/aromatic N) is 1. The molecule has 0 aliphatic carbocycles. The van der Waals surface area contributed by atoms with Crippen LogP contribution in [0.4, 0.5) is 0 Å². The van der Waals surface area contributed by atoms with E-state index in [9.17, 15) is 4.79 Å². The highest BCUT2D eigenvalue weighted by atomic mass is 35.5. The van der Waals surface area contributed by atoms with Gasteiger partial charge in [0.05, 0.1) is 19.2 Å². The van der Waals surface area contributed by atoms with Crippen LogP contribution in [0.5, 0.6) is 5.75 Å². The van der Waals surface area contributed by atoms with Gasteiger partial charge in [0.1, 0.15) is 5.75 Å². The maximum absolute atomic E-state index is 12.9. The lowest BCUT2D eigenvalue weighted by atomic mass is 9.89. The average molecular weight is 418 g/mol. The first-order valence-electron chi connectivity index (χ1n) is 9.97. The lowest BCUT2D eigenvalue weighted by Gasteiger charge is -2.26. The highest BCUT2D eigenvalue weighted by molar-refractivity contribution is 5.85. The minimum absolute atomic E-state index is 0. The van der Waals surface area contributed by atoms with Crippen molar-refractivity contribution in [1.82, 2.24) is 10.2 Å². The van der Waals surface area contributed by atoms with Crippen LogP contribution < -0.4 is 15.8 Å². The molecule has 0 saturated carbocycles. The van der Waals surface area contributed by atoms with E-state index in [-0.39, 0.29) is 30.4 Å². The molecule has 1 saturated heterocycles. The average Bonchev–Trinajstić information content (AvgIpc) is 3.18. The van der Waals surface area contributed by atoms with E-state index in [0.29, 0.717) is 18.4 Å². The SMILES string of the molecule is COc1ccccc1C(C)NC(=O)C(C)N1C[C@@H](CN)[C@H](c2ccccc2)C1.Cl. The number of amides is 1. The van der Waals surface area contributed by atoms with Crippen molar-refractivity contribution < 1.29 is 9.53 Å². The summed E-state index contributed by atoms with van der Waals surface area (Å²) in [5.74, 6) is 1.55. The summed E-state index contributed by atoms with van der Waals surface area (Å²) in [6.45, 7) is 6.28. The number of nitrogens with two attached hydrogens (primary N) is 1. The second-order valence-corrected chi connectivity index (χ2v) is 7.62. The van der Waals surface area contributed by atoms with Crippen LogP contribution in [0.3, 0.4) is 0 Å². The topological polar surface area (TPSA) is 67.6 Å². The van der Waals surface area contributed by atoms with Crippen LogP contribution in [0.2, 0.25) is 0 Å². The second-order valence-electron chi connectivity index (χ2n) is 7.62. The molecule has 5 nitrogen and oxygen atoms in total. The van der Waals surface area contributed by atoms with Gasteiger partial charge in [0.2, 0.25) is 5.91 Å². The molecule has 6 heteroatoms. The zero-order valence-electron chi connectivity index (χ0n) is 17.4. The van der Waals surface area contributed by atoms with Crippen LogP contribution in [0.1, 0.15) is 36.9 Å². The Bertz CT molecular complexity index is 787. The number of para-hydroxylation sites is 1. The standard InChI is InChI=1S/C23H31N3O2.ClH/c1-16(20-11-7-8-12-22(20)28-3)25-23(27)17(2)26-14-19(13-24)21(15-26)18-9-5-4-6-10-18;/h4-12,16-17,19,21H,13-15,24H2,1-3H3,(H,25,27);1H/t16?,17?,19-,21+;/m1./s1. The van der Waals surface area contributed by atoms with E-state index >= 15 is 0 Å². The van der Waals surface area contributed by atoms with Gasteiger partial charge in [-0.2, -0.15) is 0 Å². The molecule has 158 valence electrons. The number of likely N-dealkylation sites (tertiary alicyclic amines) is 1. The fourth-order valence-electron chi connectivity index (χ4n) is 4.14. The molecular weight excluding hydrogens is 386 g/mol. The third-order valence-corrected chi connectivity index (χ3v) is 5.89. The van der Waals surface area contributed by atoms with Crippen LogP contribution in [-0.2, 0) is 4.79 Å². The summed E-state index contributed by atoms with van der Waals surface area (Å²) < 4.78 is 5.42. The summed E-state index contributed by atoms with van der Waals surface area (Å²) in [4.78, 5) is 15.2. The van der Waals surface area contributed by atoms with Crippen molar-refractivity contribution in [2.24, 2.45) is 11.7 Å². The predicted octanol–water partition coefficient (Wildman–Crippen LogP) is 3.36. The lowest BCUT2D eigenvalue weighted by molar-refractivity contribution is -0.126. The van der Waals surface area contributed by atoms with Gasteiger partial charge in [0.25, 0.3) is 0 Å². The first kappa shape index (κ1) is 23.2. The van der Waals surface area contributed by atoms with E-state index in [0.717, 1.165) is 24.4 Å². The first-order valence-corrected chi connectivity index (χ1v) is 9.97. The maximum Gasteiger partial charge on any atom is 0.237 e. The van der Waals surface area contributed by atoms with Crippen LogP contribution in [0.15, 0.2) is 54.6 Å². The number of benzene rings is 2. The van der Waals surface area contributed by atoms with Gasteiger partial charge < -0.3 is 15.8 Å². The van der Waals surface area contributed by atoms with Gasteiger partial charge in [-0.15, -0.1) is 12.4 Å². The minimum atomic E-state index is -0.208. The summed E-state index contributed by atoms with van der Waals surface area (Å²) in [5.41, 5.74) is 8.33. The van der Waals surface area contributed by atoms with Crippen LogP contribution in [0.25, 0.3) is 0 Å². The van der Waals surface area contributed by atoms with Crippen molar-refractivity contribution in [2.45, 2.75) is 31.8 Å². The summed E-state index contributed by atoms with van der Waals surface area (Å²) in [7, 11) is 1.65. The third-order valence-electron chi connectivity index (χ3n) is 5.89. The molecule has 1 fully saturated rings. The van der Waals surface area contributed by atoms with Gasteiger partial charge >= 0.3 is 0 Å². The molecular formula is C23H32ClN3O2. The molecule has 0 radical (unpaired) electrons. The van der Waals surface area contributed by atoms with E-state index in [4.69, 9.17) is 10.5 Å². The van der Waals surface area contributed by atoms with Crippen molar-refractivity contribution in [3.63, 3.8) is 0 Å². The zero-order valence-corrected chi connectivity index (χ0v) is 18.2. The molecule has 3 N–H and O–H groups in total. The molecule has 2 aromatic carbocycles. The lowest BCUT2D eigenvalue weighted by Crippen LogP contribution is -2.45. The summed E-state index contributed by atoms with van der Waals surface area (Å²) in [6, 6.07) is 17.9. The summed E-state index contributed by atoms with van der Waals surface area (Å²) >= 11 is 0. The molecule has 2 unspecified atom stereocenters. The van der Waals surface area contributed by atoms with Crippen molar-refractivity contribution in [1.29, 1.82) is 0 Å². The smallest absolute Gasteiger partial charge is 0.237 e. The fourth-order valence-corrected chi connectivity index (χ4v) is 4.14. The number of hydrogen-bond acceptors (Lipinski definition) is 4. The fraction of sp³-hybridized carbons (Fsp3) is 0.435. The molecule has 2 aromatic rings. The Morgan fingerprint density at radius 1 is 1.14 bits per heavy atom. The van der Waals surface area contributed by atoms with Gasteiger partial charge in [0.15, 0.2) is 0 Å². The molecule has 1 amide bonds. The molecule has 0 spiro atoms. The predicted molar refractivity (Wildman–Crippen MR) is 120 cm³/mol. The van der Waals surface area contributed by atoms with Crippen molar-refractivity contribution >= 4 is 18.3 Å². The van der Waals surface area contributed by atoms with Crippen LogP contribution in [-0.4, -0.2) is 43.6 Å². The number of halogens is 1. The third kappa shape index (κ3) is 5.30. The number of ether oxygens (including phenoxy) is 1. The number of nitrogens with one attached hydrogen (secondary N) is 1. The van der Waals surface area contributed by atoms with E-state index in [1.165, 1.54) is 5.56 Å². The Morgan fingerprint density at radius 2 is 1.79 bits per heavy atom. The maximum atomic E-state index is 12.9. The number of rotatable bonds is 7. The summed E-state index contributed by atoms with van der Waals surface area (Å²) in [6.07, 6.45) is 0. The Morgan fingerprint density at radius 3 is 2.45 bits per heavy atom. The van der Waals surface area contributed by atoms with Crippen molar-refractivity contribution in [3.05, 3.63) is 65.7 Å². The molecule has 1 aliphatic heterocycles. The highest BCUT2D eigenvalue weighted by Crippen LogP contribution is 2.33. The first-order chi connectivity index (χ1) is 13.5. The van der Waals surface area contributed by atoms with Crippen LogP contribution in [0, 0.1) is 5.92 Å². The minimum Gasteiger partial charge on any atom is -0.496 e. The van der Waals surface area contributed by atoms with Crippen molar-refractivity contribution in [3.8, 4) is 5.75 Å². The van der Waals surface area contributed by atoms with E-state index in [1.807, 2.05) is 44.2 Å².